The van der Waals surface area contributed by atoms with Crippen molar-refractivity contribution in [1.29, 1.82) is 0 Å². The Morgan fingerprint density at radius 3 is 2.38 bits per heavy atom. The van der Waals surface area contributed by atoms with Gasteiger partial charge in [-0.2, -0.15) is 0 Å². The van der Waals surface area contributed by atoms with Crippen molar-refractivity contribution < 1.29 is 0 Å². The molecule has 0 bridgehead atoms. The maximum atomic E-state index is 5.47. The summed E-state index contributed by atoms with van der Waals surface area (Å²) in [7, 11) is 0. The lowest BCUT2D eigenvalue weighted by molar-refractivity contribution is 0.655. The summed E-state index contributed by atoms with van der Waals surface area (Å²) in [5.41, 5.74) is 9.53. The molecule has 3 nitrogen and oxygen atoms in total. The fraction of sp³-hybridized carbons (Fsp3) is 0.389. The van der Waals surface area contributed by atoms with Crippen LogP contribution in [0.5, 0.6) is 0 Å². The average Bonchev–Trinajstić information content (AvgIpc) is 2.54. The molecule has 1 heterocycles. The molecule has 0 radical (unpaired) electrons. The number of hydrogen-bond acceptors (Lipinski definition) is 3. The summed E-state index contributed by atoms with van der Waals surface area (Å²) >= 11 is 0. The highest BCUT2D eigenvalue weighted by Gasteiger charge is 1.97. The van der Waals surface area contributed by atoms with E-state index in [9.17, 15) is 0 Å². The van der Waals surface area contributed by atoms with Crippen LogP contribution in [0, 0.1) is 0 Å². The zero-order chi connectivity index (χ0) is 14.8. The molecule has 1 aromatic carbocycles. The monoisotopic (exact) mass is 283 g/mol. The highest BCUT2D eigenvalue weighted by molar-refractivity contribution is 5.22. The Kier molecular flexibility index (Phi) is 6.92. The number of hydrogen-bond donors (Lipinski definition) is 2. The minimum Gasteiger partial charge on any atom is -0.330 e. The van der Waals surface area contributed by atoms with E-state index in [-0.39, 0.29) is 0 Å². The fourth-order valence-corrected chi connectivity index (χ4v) is 2.33. The average molecular weight is 283 g/mol. The van der Waals surface area contributed by atoms with Crippen LogP contribution < -0.4 is 11.1 Å². The molecule has 0 aliphatic heterocycles. The summed E-state index contributed by atoms with van der Waals surface area (Å²) in [6.45, 7) is 2.67. The second kappa shape index (κ2) is 9.27. The summed E-state index contributed by atoms with van der Waals surface area (Å²) in [5.74, 6) is 0. The summed E-state index contributed by atoms with van der Waals surface area (Å²) in [6.07, 6.45) is 8.19. The third-order valence-electron chi connectivity index (χ3n) is 3.56. The van der Waals surface area contributed by atoms with Crippen molar-refractivity contribution in [3.63, 3.8) is 0 Å². The van der Waals surface area contributed by atoms with Crippen LogP contribution in [0.3, 0.4) is 0 Å². The second-order valence-corrected chi connectivity index (χ2v) is 5.35. The van der Waals surface area contributed by atoms with Crippen molar-refractivity contribution in [1.82, 2.24) is 10.3 Å². The largest absolute Gasteiger partial charge is 0.330 e. The highest BCUT2D eigenvalue weighted by atomic mass is 14.8. The molecule has 21 heavy (non-hydrogen) atoms. The van der Waals surface area contributed by atoms with Crippen LogP contribution >= 0.6 is 0 Å². The van der Waals surface area contributed by atoms with Crippen molar-refractivity contribution in [2.75, 3.05) is 13.1 Å². The van der Waals surface area contributed by atoms with Gasteiger partial charge in [0.1, 0.15) is 0 Å². The van der Waals surface area contributed by atoms with Crippen molar-refractivity contribution in [2.45, 2.75) is 32.2 Å². The van der Waals surface area contributed by atoms with Gasteiger partial charge in [0.2, 0.25) is 0 Å². The number of rotatable bonds is 9. The molecule has 2 rings (SSSR count). The molecule has 112 valence electrons. The van der Waals surface area contributed by atoms with Gasteiger partial charge in [-0.15, -0.1) is 0 Å². The molecule has 0 atom stereocenters. The lowest BCUT2D eigenvalue weighted by atomic mass is 10.0. The van der Waals surface area contributed by atoms with Crippen LogP contribution in [-0.2, 0) is 19.4 Å². The van der Waals surface area contributed by atoms with E-state index in [4.69, 9.17) is 5.73 Å². The van der Waals surface area contributed by atoms with Gasteiger partial charge in [0, 0.05) is 18.9 Å². The molecule has 3 heteroatoms. The Morgan fingerprint density at radius 2 is 1.67 bits per heavy atom. The van der Waals surface area contributed by atoms with Crippen molar-refractivity contribution in [3.05, 3.63) is 65.5 Å². The van der Waals surface area contributed by atoms with Gasteiger partial charge < -0.3 is 11.1 Å². The third-order valence-corrected chi connectivity index (χ3v) is 3.56. The number of aromatic nitrogens is 1. The molecule has 0 aliphatic rings. The van der Waals surface area contributed by atoms with Crippen LogP contribution in [0.1, 0.15) is 29.5 Å². The maximum Gasteiger partial charge on any atom is 0.0299 e. The van der Waals surface area contributed by atoms with Gasteiger partial charge in [-0.1, -0.05) is 30.3 Å². The first kappa shape index (κ1) is 15.7. The number of nitrogens with two attached hydrogens (primary N) is 1. The Balaban J connectivity index is 1.69. The van der Waals surface area contributed by atoms with Crippen LogP contribution in [0.2, 0.25) is 0 Å². The second-order valence-electron chi connectivity index (χ2n) is 5.35. The number of pyridine rings is 1. The normalized spacial score (nSPS) is 10.7. The van der Waals surface area contributed by atoms with Gasteiger partial charge in [0.05, 0.1) is 0 Å². The van der Waals surface area contributed by atoms with E-state index >= 15 is 0 Å². The van der Waals surface area contributed by atoms with Gasteiger partial charge in [-0.05, 0) is 61.5 Å². The van der Waals surface area contributed by atoms with Gasteiger partial charge in [-0.3, -0.25) is 4.98 Å². The van der Waals surface area contributed by atoms with E-state index in [0.29, 0.717) is 0 Å². The molecule has 3 N–H and O–H groups in total. The minimum atomic E-state index is 0.753. The third kappa shape index (κ3) is 6.06. The lowest BCUT2D eigenvalue weighted by Crippen LogP contribution is -2.17. The SMILES string of the molecule is NCCCNCc1ccc(CCCc2cccnc2)cc1. The van der Waals surface area contributed by atoms with Crippen LogP contribution in [-0.4, -0.2) is 18.1 Å². The van der Waals surface area contributed by atoms with Gasteiger partial charge in [0.25, 0.3) is 0 Å². The van der Waals surface area contributed by atoms with E-state index in [1.54, 1.807) is 0 Å². The predicted octanol–water partition coefficient (Wildman–Crippen LogP) is 2.70. The molecule has 0 saturated carbocycles. The zero-order valence-corrected chi connectivity index (χ0v) is 12.6. The molecule has 0 unspecified atom stereocenters. The van der Waals surface area contributed by atoms with Crippen molar-refractivity contribution in [2.24, 2.45) is 5.73 Å². The summed E-state index contributed by atoms with van der Waals surface area (Å²) in [6, 6.07) is 13.1. The topological polar surface area (TPSA) is 50.9 Å². The maximum absolute atomic E-state index is 5.47. The number of nitrogens with zero attached hydrogens (tertiary/aromatic N) is 1. The number of aryl methyl sites for hydroxylation is 2. The summed E-state index contributed by atoms with van der Waals surface area (Å²) < 4.78 is 0. The quantitative estimate of drug-likeness (QED) is 0.696. The minimum absolute atomic E-state index is 0.753. The van der Waals surface area contributed by atoms with Gasteiger partial charge >= 0.3 is 0 Å². The zero-order valence-electron chi connectivity index (χ0n) is 12.6. The van der Waals surface area contributed by atoms with E-state index in [2.05, 4.69) is 40.6 Å². The van der Waals surface area contributed by atoms with Gasteiger partial charge in [0.15, 0.2) is 0 Å². The summed E-state index contributed by atoms with van der Waals surface area (Å²) in [4.78, 5) is 4.15. The molecule has 0 fully saturated rings. The smallest absolute Gasteiger partial charge is 0.0299 e. The van der Waals surface area contributed by atoms with Crippen LogP contribution in [0.4, 0.5) is 0 Å². The summed E-state index contributed by atoms with van der Waals surface area (Å²) in [5, 5.41) is 3.40. The predicted molar refractivity (Wildman–Crippen MR) is 88.1 cm³/mol. The number of benzene rings is 1. The molecule has 0 amide bonds. The first-order chi connectivity index (χ1) is 10.4. The fourth-order valence-electron chi connectivity index (χ4n) is 2.33. The molecule has 1 aromatic heterocycles. The first-order valence-electron chi connectivity index (χ1n) is 7.76. The van der Waals surface area contributed by atoms with E-state index in [1.807, 2.05) is 18.5 Å². The van der Waals surface area contributed by atoms with Crippen LogP contribution in [0.25, 0.3) is 0 Å². The van der Waals surface area contributed by atoms with Gasteiger partial charge in [-0.25, -0.2) is 0 Å². The Labute approximate surface area is 127 Å². The highest BCUT2D eigenvalue weighted by Crippen LogP contribution is 2.09. The van der Waals surface area contributed by atoms with E-state index in [1.165, 1.54) is 23.1 Å². The molecular weight excluding hydrogens is 258 g/mol. The molecule has 0 aliphatic carbocycles. The number of nitrogens with one attached hydrogen (secondary N) is 1. The molecule has 2 aromatic rings. The molecule has 0 saturated heterocycles. The lowest BCUT2D eigenvalue weighted by Gasteiger charge is -2.06. The Hall–Kier alpha value is -1.71. The van der Waals surface area contributed by atoms with Crippen molar-refractivity contribution >= 4 is 0 Å². The Morgan fingerprint density at radius 1 is 0.905 bits per heavy atom. The van der Waals surface area contributed by atoms with E-state index in [0.717, 1.165) is 38.9 Å². The first-order valence-corrected chi connectivity index (χ1v) is 7.76. The van der Waals surface area contributed by atoms with Crippen LogP contribution in [0.15, 0.2) is 48.8 Å². The Bertz CT molecular complexity index is 494. The van der Waals surface area contributed by atoms with E-state index < -0.39 is 0 Å². The van der Waals surface area contributed by atoms with Crippen molar-refractivity contribution in [3.8, 4) is 0 Å². The molecule has 0 spiro atoms. The molecular formula is C18H25N3. The standard InChI is InChI=1S/C18H25N3/c19-11-3-13-21-15-18-9-7-16(8-10-18)4-1-5-17-6-2-12-20-14-17/h2,6-10,12,14,21H,1,3-5,11,13,15,19H2.